The lowest BCUT2D eigenvalue weighted by atomic mass is 10.2. The number of rotatable bonds is 5. The first-order valence-electron chi connectivity index (χ1n) is 6.03. The van der Waals surface area contributed by atoms with Crippen molar-refractivity contribution in [3.63, 3.8) is 0 Å². The maximum Gasteiger partial charge on any atom is 0.259 e. The molecule has 0 spiro atoms. The van der Waals surface area contributed by atoms with Gasteiger partial charge in [-0.2, -0.15) is 0 Å². The predicted octanol–water partition coefficient (Wildman–Crippen LogP) is 2.86. The topological polar surface area (TPSA) is 46.3 Å². The smallest absolute Gasteiger partial charge is 0.259 e. The lowest BCUT2D eigenvalue weighted by Crippen LogP contribution is -2.32. The first-order valence-corrected chi connectivity index (χ1v) is 6.56. The van der Waals surface area contributed by atoms with E-state index in [0.29, 0.717) is 30.3 Å². The Balaban J connectivity index is 2.16. The molecule has 0 radical (unpaired) electrons. The zero-order valence-corrected chi connectivity index (χ0v) is 11.4. The van der Waals surface area contributed by atoms with E-state index in [1.54, 1.807) is 11.8 Å². The molecule has 1 amide bonds. The second kappa shape index (κ2) is 6.38. The first-order chi connectivity index (χ1) is 9.22. The largest absolute Gasteiger partial charge is 0.361 e. The van der Waals surface area contributed by atoms with Crippen LogP contribution in [0.15, 0.2) is 41.1 Å². The number of aryl methyl sites for hydroxylation is 1. The summed E-state index contributed by atoms with van der Waals surface area (Å²) in [6, 6.07) is 9.80. The van der Waals surface area contributed by atoms with E-state index in [1.807, 2.05) is 30.3 Å². The molecule has 0 saturated heterocycles. The summed E-state index contributed by atoms with van der Waals surface area (Å²) in [5, 5.41) is 3.64. The Morgan fingerprint density at radius 3 is 2.68 bits per heavy atom. The van der Waals surface area contributed by atoms with E-state index in [1.165, 1.54) is 6.20 Å². The van der Waals surface area contributed by atoms with Crippen molar-refractivity contribution in [1.29, 1.82) is 0 Å². The summed E-state index contributed by atoms with van der Waals surface area (Å²) >= 11 is 5.77. The Labute approximate surface area is 117 Å². The van der Waals surface area contributed by atoms with Gasteiger partial charge < -0.3 is 9.42 Å². The maximum atomic E-state index is 12.4. The molecule has 0 bridgehead atoms. The normalized spacial score (nSPS) is 10.4. The summed E-state index contributed by atoms with van der Waals surface area (Å²) in [4.78, 5) is 14.1. The van der Waals surface area contributed by atoms with E-state index in [4.69, 9.17) is 16.1 Å². The minimum absolute atomic E-state index is 0.108. The zero-order chi connectivity index (χ0) is 13.7. The van der Waals surface area contributed by atoms with Crippen LogP contribution in [0.2, 0.25) is 0 Å². The molecule has 100 valence electrons. The number of carbonyl (C=O) groups is 1. The average Bonchev–Trinajstić information content (AvgIpc) is 2.85. The van der Waals surface area contributed by atoms with Gasteiger partial charge in [-0.1, -0.05) is 35.5 Å². The van der Waals surface area contributed by atoms with Crippen molar-refractivity contribution in [1.82, 2.24) is 10.1 Å². The van der Waals surface area contributed by atoms with Crippen molar-refractivity contribution in [2.75, 3.05) is 12.4 Å². The van der Waals surface area contributed by atoms with Crippen LogP contribution >= 0.6 is 11.6 Å². The lowest BCUT2D eigenvalue weighted by molar-refractivity contribution is 0.0752. The van der Waals surface area contributed by atoms with Gasteiger partial charge in [0.05, 0.1) is 6.20 Å². The van der Waals surface area contributed by atoms with Crippen LogP contribution in [0.25, 0.3) is 0 Å². The van der Waals surface area contributed by atoms with Crippen LogP contribution in [0.1, 0.15) is 21.7 Å². The summed E-state index contributed by atoms with van der Waals surface area (Å²) in [6.07, 6.45) is 1.45. The molecule has 0 fully saturated rings. The number of halogens is 1. The van der Waals surface area contributed by atoms with E-state index >= 15 is 0 Å². The fourth-order valence-corrected chi connectivity index (χ4v) is 2.04. The summed E-state index contributed by atoms with van der Waals surface area (Å²) in [6.45, 7) is 2.73. The molecule has 2 aromatic rings. The molecule has 5 heteroatoms. The Morgan fingerprint density at radius 1 is 1.37 bits per heavy atom. The molecular weight excluding hydrogens is 264 g/mol. The van der Waals surface area contributed by atoms with E-state index in [0.717, 1.165) is 5.56 Å². The number of hydrogen-bond acceptors (Lipinski definition) is 3. The van der Waals surface area contributed by atoms with Crippen LogP contribution in [0.3, 0.4) is 0 Å². The van der Waals surface area contributed by atoms with Crippen molar-refractivity contribution in [2.45, 2.75) is 13.5 Å². The van der Waals surface area contributed by atoms with Crippen molar-refractivity contribution in [3.05, 3.63) is 53.4 Å². The lowest BCUT2D eigenvalue weighted by Gasteiger charge is -2.21. The Morgan fingerprint density at radius 2 is 2.11 bits per heavy atom. The third-order valence-corrected chi connectivity index (χ3v) is 3.01. The van der Waals surface area contributed by atoms with Crippen molar-refractivity contribution in [2.24, 2.45) is 0 Å². The third-order valence-electron chi connectivity index (χ3n) is 2.84. The highest BCUT2D eigenvalue weighted by Crippen LogP contribution is 2.13. The molecule has 0 saturated carbocycles. The average molecular weight is 279 g/mol. The summed E-state index contributed by atoms with van der Waals surface area (Å²) in [7, 11) is 0. The second-order valence-corrected chi connectivity index (χ2v) is 4.57. The molecule has 19 heavy (non-hydrogen) atoms. The van der Waals surface area contributed by atoms with E-state index in [2.05, 4.69) is 5.16 Å². The molecule has 0 N–H and O–H groups in total. The van der Waals surface area contributed by atoms with Gasteiger partial charge in [-0.3, -0.25) is 4.79 Å². The molecule has 1 heterocycles. The summed E-state index contributed by atoms with van der Waals surface area (Å²) in [5.74, 6) is 0.809. The number of hydrogen-bond donors (Lipinski definition) is 0. The van der Waals surface area contributed by atoms with Crippen LogP contribution in [-0.2, 0) is 6.54 Å². The molecule has 0 aliphatic carbocycles. The Kier molecular flexibility index (Phi) is 4.58. The quantitative estimate of drug-likeness (QED) is 0.790. The van der Waals surface area contributed by atoms with Gasteiger partial charge in [0.15, 0.2) is 0 Å². The number of nitrogens with zero attached hydrogens (tertiary/aromatic N) is 2. The van der Waals surface area contributed by atoms with E-state index in [9.17, 15) is 4.79 Å². The van der Waals surface area contributed by atoms with Gasteiger partial charge in [-0.25, -0.2) is 0 Å². The van der Waals surface area contributed by atoms with Crippen LogP contribution in [-0.4, -0.2) is 28.4 Å². The van der Waals surface area contributed by atoms with Gasteiger partial charge in [-0.05, 0) is 12.5 Å². The van der Waals surface area contributed by atoms with E-state index in [-0.39, 0.29) is 5.91 Å². The SMILES string of the molecule is Cc1oncc1C(=O)N(CCCl)Cc1ccccc1. The molecule has 0 unspecified atom stereocenters. The number of carbonyl (C=O) groups excluding carboxylic acids is 1. The van der Waals surface area contributed by atoms with Crippen molar-refractivity contribution >= 4 is 17.5 Å². The van der Waals surface area contributed by atoms with Gasteiger partial charge >= 0.3 is 0 Å². The fraction of sp³-hybridized carbons (Fsp3) is 0.286. The molecule has 0 atom stereocenters. The predicted molar refractivity (Wildman–Crippen MR) is 73.1 cm³/mol. The van der Waals surface area contributed by atoms with Crippen LogP contribution in [0.5, 0.6) is 0 Å². The van der Waals surface area contributed by atoms with Crippen LogP contribution in [0, 0.1) is 6.92 Å². The molecule has 1 aromatic heterocycles. The van der Waals surface area contributed by atoms with Gasteiger partial charge in [0.1, 0.15) is 11.3 Å². The molecule has 2 rings (SSSR count). The van der Waals surface area contributed by atoms with Gasteiger partial charge in [0.2, 0.25) is 0 Å². The Bertz CT molecular complexity index is 539. The second-order valence-electron chi connectivity index (χ2n) is 4.20. The minimum Gasteiger partial charge on any atom is -0.361 e. The molecule has 1 aromatic carbocycles. The molecular formula is C14H15ClN2O2. The van der Waals surface area contributed by atoms with Gasteiger partial charge in [0.25, 0.3) is 5.91 Å². The number of benzene rings is 1. The minimum atomic E-state index is -0.108. The number of aromatic nitrogens is 1. The maximum absolute atomic E-state index is 12.4. The van der Waals surface area contributed by atoms with Crippen LogP contribution < -0.4 is 0 Å². The van der Waals surface area contributed by atoms with Crippen LogP contribution in [0.4, 0.5) is 0 Å². The molecule has 0 aliphatic rings. The zero-order valence-electron chi connectivity index (χ0n) is 10.7. The van der Waals surface area contributed by atoms with Gasteiger partial charge in [0, 0.05) is 19.0 Å². The van der Waals surface area contributed by atoms with Gasteiger partial charge in [-0.15, -0.1) is 11.6 Å². The third kappa shape index (κ3) is 3.35. The van der Waals surface area contributed by atoms with E-state index < -0.39 is 0 Å². The highest BCUT2D eigenvalue weighted by molar-refractivity contribution is 6.18. The Hall–Kier alpha value is -1.81. The standard InChI is InChI=1S/C14H15ClN2O2/c1-11-13(9-16-19-11)14(18)17(8-7-15)10-12-5-3-2-4-6-12/h2-6,9H,7-8,10H2,1H3. The fourth-order valence-electron chi connectivity index (χ4n) is 1.83. The number of amides is 1. The molecule has 4 nitrogen and oxygen atoms in total. The van der Waals surface area contributed by atoms with Crippen molar-refractivity contribution < 1.29 is 9.32 Å². The first kappa shape index (κ1) is 13.6. The van der Waals surface area contributed by atoms with Crippen molar-refractivity contribution in [3.8, 4) is 0 Å². The molecule has 0 aliphatic heterocycles. The highest BCUT2D eigenvalue weighted by Gasteiger charge is 2.20. The summed E-state index contributed by atoms with van der Waals surface area (Å²) in [5.41, 5.74) is 1.55. The monoisotopic (exact) mass is 278 g/mol. The number of alkyl halides is 1. The highest BCUT2D eigenvalue weighted by atomic mass is 35.5. The summed E-state index contributed by atoms with van der Waals surface area (Å²) < 4.78 is 4.93.